The summed E-state index contributed by atoms with van der Waals surface area (Å²) in [5, 5.41) is 11.7. The molecule has 0 bridgehead atoms. The number of carbonyl (C=O) groups is 1. The zero-order valence-corrected chi connectivity index (χ0v) is 15.5. The maximum atomic E-state index is 12.2. The zero-order valence-electron chi connectivity index (χ0n) is 13.9. The van der Waals surface area contributed by atoms with Crippen molar-refractivity contribution in [2.75, 3.05) is 5.32 Å². The van der Waals surface area contributed by atoms with E-state index in [1.165, 1.54) is 11.3 Å². The third kappa shape index (κ3) is 4.94. The highest BCUT2D eigenvalue weighted by molar-refractivity contribution is 8.01. The number of carbonyl (C=O) groups excluding carboxylic acids is 1. The second kappa shape index (κ2) is 7.79. The highest BCUT2D eigenvalue weighted by atomic mass is 32.2. The van der Waals surface area contributed by atoms with E-state index >= 15 is 0 Å². The first-order valence-electron chi connectivity index (χ1n) is 7.40. The number of benzene rings is 1. The third-order valence-corrected chi connectivity index (χ3v) is 5.13. The fourth-order valence-electron chi connectivity index (χ4n) is 1.81. The van der Waals surface area contributed by atoms with Crippen LogP contribution in [0.3, 0.4) is 0 Å². The Balaban J connectivity index is 1.97. The fourth-order valence-corrected chi connectivity index (χ4v) is 3.79. The lowest BCUT2D eigenvalue weighted by Crippen LogP contribution is -2.30. The molecule has 1 aromatic carbocycles. The van der Waals surface area contributed by atoms with Crippen LogP contribution in [0.2, 0.25) is 0 Å². The van der Waals surface area contributed by atoms with E-state index < -0.39 is 6.10 Å². The maximum Gasteiger partial charge on any atom is 0.266 e. The lowest BCUT2D eigenvalue weighted by molar-refractivity contribution is -0.122. The third-order valence-electron chi connectivity index (χ3n) is 3.20. The van der Waals surface area contributed by atoms with Gasteiger partial charge in [0.05, 0.1) is 0 Å². The van der Waals surface area contributed by atoms with Gasteiger partial charge in [-0.25, -0.2) is 0 Å². The second-order valence-corrected chi connectivity index (χ2v) is 8.29. The molecular weight excluding hydrogens is 330 g/mol. The molecule has 0 unspecified atom stereocenters. The topological polar surface area (TPSA) is 64.1 Å². The number of ether oxygens (including phenoxy) is 1. The number of amides is 1. The van der Waals surface area contributed by atoms with Crippen LogP contribution in [0, 0.1) is 13.8 Å². The number of nitrogens with zero attached hydrogens (tertiary/aromatic N) is 2. The normalized spacial score (nSPS) is 12.3. The summed E-state index contributed by atoms with van der Waals surface area (Å²) in [4.78, 5) is 12.2. The number of rotatable bonds is 6. The van der Waals surface area contributed by atoms with Crippen molar-refractivity contribution in [3.05, 3.63) is 29.3 Å². The van der Waals surface area contributed by atoms with Crippen LogP contribution >= 0.6 is 23.1 Å². The van der Waals surface area contributed by atoms with E-state index in [4.69, 9.17) is 4.74 Å². The molecule has 0 saturated carbocycles. The Hall–Kier alpha value is -1.60. The average Bonchev–Trinajstić information content (AvgIpc) is 2.90. The summed E-state index contributed by atoms with van der Waals surface area (Å²) < 4.78 is 6.62. The Morgan fingerprint density at radius 1 is 1.26 bits per heavy atom. The van der Waals surface area contributed by atoms with Crippen LogP contribution in [-0.4, -0.2) is 27.5 Å². The molecule has 7 heteroatoms. The summed E-state index contributed by atoms with van der Waals surface area (Å²) in [5.41, 5.74) is 2.17. The van der Waals surface area contributed by atoms with Gasteiger partial charge in [-0.3, -0.25) is 10.1 Å². The van der Waals surface area contributed by atoms with Crippen molar-refractivity contribution in [1.82, 2.24) is 10.2 Å². The summed E-state index contributed by atoms with van der Waals surface area (Å²) in [7, 11) is 0. The standard InChI is InChI=1S/C16H21N3O2S2/c1-9(2)22-16-19-18-15(23-16)17-14(20)12(5)21-13-8-6-7-10(3)11(13)4/h6-9,12H,1-5H3,(H,17,18,20)/t12-/m1/s1. The van der Waals surface area contributed by atoms with Crippen molar-refractivity contribution >= 4 is 34.1 Å². The zero-order chi connectivity index (χ0) is 17.0. The van der Waals surface area contributed by atoms with Crippen LogP contribution in [0.5, 0.6) is 5.75 Å². The van der Waals surface area contributed by atoms with Gasteiger partial charge < -0.3 is 4.74 Å². The summed E-state index contributed by atoms with van der Waals surface area (Å²) in [6.07, 6.45) is -0.611. The van der Waals surface area contributed by atoms with E-state index in [1.54, 1.807) is 18.7 Å². The predicted octanol–water partition coefficient (Wildman–Crippen LogP) is 4.06. The van der Waals surface area contributed by atoms with Crippen molar-refractivity contribution in [3.63, 3.8) is 0 Å². The van der Waals surface area contributed by atoms with Crippen LogP contribution in [-0.2, 0) is 4.79 Å². The predicted molar refractivity (Wildman–Crippen MR) is 95.5 cm³/mol. The molecule has 0 saturated heterocycles. The first-order chi connectivity index (χ1) is 10.9. The van der Waals surface area contributed by atoms with Crippen molar-refractivity contribution in [2.45, 2.75) is 50.3 Å². The molecule has 5 nitrogen and oxygen atoms in total. The van der Waals surface area contributed by atoms with Gasteiger partial charge in [0.15, 0.2) is 10.4 Å². The Labute approximate surface area is 144 Å². The molecule has 1 aromatic heterocycles. The number of hydrogen-bond donors (Lipinski definition) is 1. The minimum absolute atomic E-state index is 0.233. The molecule has 0 radical (unpaired) electrons. The van der Waals surface area contributed by atoms with Crippen LogP contribution < -0.4 is 10.1 Å². The molecular formula is C16H21N3O2S2. The van der Waals surface area contributed by atoms with E-state index in [0.717, 1.165) is 21.2 Å². The molecule has 0 aliphatic rings. The molecule has 0 fully saturated rings. The van der Waals surface area contributed by atoms with E-state index in [2.05, 4.69) is 29.4 Å². The Morgan fingerprint density at radius 2 is 2.00 bits per heavy atom. The molecule has 0 aliphatic heterocycles. The molecule has 23 heavy (non-hydrogen) atoms. The Morgan fingerprint density at radius 3 is 2.70 bits per heavy atom. The van der Waals surface area contributed by atoms with Gasteiger partial charge in [0, 0.05) is 5.25 Å². The molecule has 1 atom stereocenters. The van der Waals surface area contributed by atoms with Gasteiger partial charge >= 0.3 is 0 Å². The number of thioether (sulfide) groups is 1. The largest absolute Gasteiger partial charge is 0.481 e. The second-order valence-electron chi connectivity index (χ2n) is 5.49. The lowest BCUT2D eigenvalue weighted by atomic mass is 10.1. The number of nitrogens with one attached hydrogen (secondary N) is 1. The molecule has 0 spiro atoms. The maximum absolute atomic E-state index is 12.2. The van der Waals surface area contributed by atoms with Crippen molar-refractivity contribution < 1.29 is 9.53 Å². The summed E-state index contributed by atoms with van der Waals surface area (Å²) in [6, 6.07) is 5.80. The smallest absolute Gasteiger partial charge is 0.266 e. The molecule has 2 rings (SSSR count). The van der Waals surface area contributed by atoms with E-state index in [1.807, 2.05) is 32.0 Å². The van der Waals surface area contributed by atoms with Crippen molar-refractivity contribution in [2.24, 2.45) is 0 Å². The SMILES string of the molecule is Cc1cccc(O[C@H](C)C(=O)Nc2nnc(SC(C)C)s2)c1C. The quantitative estimate of drug-likeness (QED) is 0.628. The summed E-state index contributed by atoms with van der Waals surface area (Å²) in [5.74, 6) is 0.490. The molecule has 1 amide bonds. The number of hydrogen-bond acceptors (Lipinski definition) is 6. The van der Waals surface area contributed by atoms with E-state index in [-0.39, 0.29) is 5.91 Å². The van der Waals surface area contributed by atoms with Crippen molar-refractivity contribution in [1.29, 1.82) is 0 Å². The number of anilines is 1. The first-order valence-corrected chi connectivity index (χ1v) is 9.10. The van der Waals surface area contributed by atoms with Crippen LogP contribution in [0.4, 0.5) is 5.13 Å². The lowest BCUT2D eigenvalue weighted by Gasteiger charge is -2.16. The van der Waals surface area contributed by atoms with Gasteiger partial charge in [-0.2, -0.15) is 0 Å². The Kier molecular flexibility index (Phi) is 6.01. The van der Waals surface area contributed by atoms with Crippen LogP contribution in [0.15, 0.2) is 22.5 Å². The summed E-state index contributed by atoms with van der Waals surface area (Å²) in [6.45, 7) is 9.90. The van der Waals surface area contributed by atoms with Gasteiger partial charge in [0.1, 0.15) is 5.75 Å². The van der Waals surface area contributed by atoms with Gasteiger partial charge in [-0.05, 0) is 38.0 Å². The minimum atomic E-state index is -0.611. The number of aryl methyl sites for hydroxylation is 1. The van der Waals surface area contributed by atoms with E-state index in [0.29, 0.717) is 10.4 Å². The molecule has 0 aliphatic carbocycles. The first kappa shape index (κ1) is 17.7. The monoisotopic (exact) mass is 351 g/mol. The van der Waals surface area contributed by atoms with Gasteiger partial charge in [-0.15, -0.1) is 10.2 Å². The highest BCUT2D eigenvalue weighted by Crippen LogP contribution is 2.28. The molecule has 1 N–H and O–H groups in total. The Bertz CT molecular complexity index is 686. The minimum Gasteiger partial charge on any atom is -0.481 e. The van der Waals surface area contributed by atoms with Gasteiger partial charge in [0.2, 0.25) is 5.13 Å². The van der Waals surface area contributed by atoms with Gasteiger partial charge in [0.25, 0.3) is 5.91 Å². The molecule has 1 heterocycles. The van der Waals surface area contributed by atoms with E-state index in [9.17, 15) is 4.79 Å². The highest BCUT2D eigenvalue weighted by Gasteiger charge is 2.18. The van der Waals surface area contributed by atoms with Crippen LogP contribution in [0.25, 0.3) is 0 Å². The van der Waals surface area contributed by atoms with Gasteiger partial charge in [-0.1, -0.05) is 49.1 Å². The molecule has 2 aromatic rings. The van der Waals surface area contributed by atoms with Crippen molar-refractivity contribution in [3.8, 4) is 5.75 Å². The van der Waals surface area contributed by atoms with Crippen LogP contribution in [0.1, 0.15) is 31.9 Å². The number of aromatic nitrogens is 2. The molecule has 124 valence electrons. The fraction of sp³-hybridized carbons (Fsp3) is 0.438. The average molecular weight is 351 g/mol. The summed E-state index contributed by atoms with van der Waals surface area (Å²) >= 11 is 3.00.